The van der Waals surface area contributed by atoms with E-state index in [1.165, 1.54) is 48.1 Å². The molecule has 21 heavy (non-hydrogen) atoms. The lowest BCUT2D eigenvalue weighted by Gasteiger charge is -2.15. The van der Waals surface area contributed by atoms with Crippen LogP contribution < -0.4 is 4.57 Å². The van der Waals surface area contributed by atoms with Crippen LogP contribution in [0.5, 0.6) is 0 Å². The number of hydrogen-bond acceptors (Lipinski definition) is 0. The van der Waals surface area contributed by atoms with Crippen LogP contribution in [0.25, 0.3) is 11.3 Å². The van der Waals surface area contributed by atoms with Crippen molar-refractivity contribution in [3.8, 4) is 11.3 Å². The van der Waals surface area contributed by atoms with Gasteiger partial charge < -0.3 is 0 Å². The third kappa shape index (κ3) is 2.74. The molecule has 1 heteroatoms. The average molecular weight is 280 g/mol. The Labute approximate surface area is 128 Å². The van der Waals surface area contributed by atoms with Crippen LogP contribution in [0.15, 0.2) is 36.5 Å². The highest BCUT2D eigenvalue weighted by Gasteiger charge is 2.24. The second-order valence-electron chi connectivity index (χ2n) is 6.40. The number of pyridine rings is 1. The summed E-state index contributed by atoms with van der Waals surface area (Å²) in [5.74, 6) is 0.781. The summed E-state index contributed by atoms with van der Waals surface area (Å²) in [5, 5.41) is 0. The fourth-order valence-corrected chi connectivity index (χ4v) is 3.76. The van der Waals surface area contributed by atoms with Crippen LogP contribution >= 0.6 is 0 Å². The fraction of sp³-hybridized carbons (Fsp3) is 0.450. The highest BCUT2D eigenvalue weighted by Crippen LogP contribution is 2.37. The molecule has 1 nitrogen and oxygen atoms in total. The molecule has 0 atom stereocenters. The van der Waals surface area contributed by atoms with Crippen LogP contribution in [-0.4, -0.2) is 0 Å². The van der Waals surface area contributed by atoms with E-state index in [9.17, 15) is 0 Å². The van der Waals surface area contributed by atoms with E-state index in [2.05, 4.69) is 62.0 Å². The maximum Gasteiger partial charge on any atom is 0.212 e. The summed E-state index contributed by atoms with van der Waals surface area (Å²) < 4.78 is 2.31. The predicted octanol–water partition coefficient (Wildman–Crippen LogP) is 4.71. The zero-order valence-electron chi connectivity index (χ0n) is 13.5. The summed E-state index contributed by atoms with van der Waals surface area (Å²) >= 11 is 0. The molecule has 1 fully saturated rings. The van der Waals surface area contributed by atoms with Crippen LogP contribution in [0.3, 0.4) is 0 Å². The lowest BCUT2D eigenvalue weighted by Crippen LogP contribution is -2.32. The molecule has 0 bridgehead atoms. The first kappa shape index (κ1) is 14.3. The van der Waals surface area contributed by atoms with Crippen molar-refractivity contribution in [1.29, 1.82) is 0 Å². The molecule has 3 rings (SSSR count). The number of hydrogen-bond donors (Lipinski definition) is 0. The summed E-state index contributed by atoms with van der Waals surface area (Å²) in [4.78, 5) is 0. The molecule has 0 radical (unpaired) electrons. The molecule has 2 aromatic rings. The van der Waals surface area contributed by atoms with E-state index < -0.39 is 0 Å². The molecule has 0 N–H and O–H groups in total. The Morgan fingerprint density at radius 2 is 1.86 bits per heavy atom. The molecule has 1 aliphatic carbocycles. The number of nitrogens with zero attached hydrogens (tertiary/aromatic N) is 1. The number of benzene rings is 1. The van der Waals surface area contributed by atoms with Crippen molar-refractivity contribution in [3.63, 3.8) is 0 Å². The van der Waals surface area contributed by atoms with Crippen molar-refractivity contribution in [2.24, 2.45) is 7.05 Å². The topological polar surface area (TPSA) is 3.88 Å². The van der Waals surface area contributed by atoms with Gasteiger partial charge in [0.05, 0.1) is 0 Å². The molecule has 0 aliphatic heterocycles. The molecule has 0 spiro atoms. The van der Waals surface area contributed by atoms with Gasteiger partial charge in [-0.2, -0.15) is 0 Å². The van der Waals surface area contributed by atoms with Gasteiger partial charge in [-0.05, 0) is 49.3 Å². The molecule has 110 valence electrons. The van der Waals surface area contributed by atoms with Crippen LogP contribution in [0.4, 0.5) is 0 Å². The second kappa shape index (κ2) is 6.01. The molecule has 1 aliphatic rings. The van der Waals surface area contributed by atoms with Gasteiger partial charge in [0.25, 0.3) is 0 Å². The molecule has 1 heterocycles. The molecular formula is C20H26N+. The fourth-order valence-electron chi connectivity index (χ4n) is 3.76. The molecule has 0 unspecified atom stereocenters. The van der Waals surface area contributed by atoms with Gasteiger partial charge in [0.15, 0.2) is 6.20 Å². The maximum absolute atomic E-state index is 2.47. The number of rotatable bonds is 3. The summed E-state index contributed by atoms with van der Waals surface area (Å²) in [6, 6.07) is 11.2. The van der Waals surface area contributed by atoms with Crippen LogP contribution in [0, 0.1) is 6.92 Å². The Morgan fingerprint density at radius 3 is 2.52 bits per heavy atom. The molecule has 0 saturated heterocycles. The first-order valence-electron chi connectivity index (χ1n) is 8.29. The van der Waals surface area contributed by atoms with E-state index in [0.29, 0.717) is 0 Å². The van der Waals surface area contributed by atoms with E-state index >= 15 is 0 Å². The average Bonchev–Trinajstić information content (AvgIpc) is 3.02. The lowest BCUT2D eigenvalue weighted by molar-refractivity contribution is -0.660. The van der Waals surface area contributed by atoms with Crippen LogP contribution in [0.2, 0.25) is 0 Å². The summed E-state index contributed by atoms with van der Waals surface area (Å²) in [5.41, 5.74) is 7.21. The minimum absolute atomic E-state index is 0.781. The molecule has 1 aromatic carbocycles. The highest BCUT2D eigenvalue weighted by molar-refractivity contribution is 5.62. The smallest absolute Gasteiger partial charge is 0.201 e. The summed E-state index contributed by atoms with van der Waals surface area (Å²) in [6.45, 7) is 4.49. The van der Waals surface area contributed by atoms with Gasteiger partial charge in [0, 0.05) is 17.2 Å². The van der Waals surface area contributed by atoms with E-state index in [1.807, 2.05) is 0 Å². The quantitative estimate of drug-likeness (QED) is 0.717. The minimum Gasteiger partial charge on any atom is -0.201 e. The van der Waals surface area contributed by atoms with Gasteiger partial charge in [-0.15, -0.1) is 0 Å². The Morgan fingerprint density at radius 1 is 1.14 bits per heavy atom. The van der Waals surface area contributed by atoms with Crippen LogP contribution in [-0.2, 0) is 13.5 Å². The van der Waals surface area contributed by atoms with Gasteiger partial charge in [0.1, 0.15) is 7.05 Å². The number of aromatic nitrogens is 1. The Hall–Kier alpha value is -1.63. The second-order valence-corrected chi connectivity index (χ2v) is 6.40. The predicted molar refractivity (Wildman–Crippen MR) is 88.4 cm³/mol. The summed E-state index contributed by atoms with van der Waals surface area (Å²) in [6.07, 6.45) is 9.02. The largest absolute Gasteiger partial charge is 0.212 e. The normalized spacial score (nSPS) is 15.6. The molecule has 1 aromatic heterocycles. The number of aryl methyl sites for hydroxylation is 3. The zero-order chi connectivity index (χ0) is 14.8. The van der Waals surface area contributed by atoms with Gasteiger partial charge >= 0.3 is 0 Å². The Bertz CT molecular complexity index is 636. The zero-order valence-corrected chi connectivity index (χ0v) is 13.5. The van der Waals surface area contributed by atoms with Crippen molar-refractivity contribution in [1.82, 2.24) is 0 Å². The molecular weight excluding hydrogens is 254 g/mol. The first-order chi connectivity index (χ1) is 10.2. The SMILES string of the molecule is CCc1c[n+](C)c(-c2ccccc2C)cc1C1CCCC1. The Balaban J connectivity index is 2.13. The van der Waals surface area contributed by atoms with Crippen LogP contribution in [0.1, 0.15) is 55.2 Å². The van der Waals surface area contributed by atoms with E-state index in [1.54, 1.807) is 5.56 Å². The maximum atomic E-state index is 2.47. The van der Waals surface area contributed by atoms with Gasteiger partial charge in [0.2, 0.25) is 5.69 Å². The van der Waals surface area contributed by atoms with Crippen molar-refractivity contribution < 1.29 is 4.57 Å². The molecule has 1 saturated carbocycles. The lowest BCUT2D eigenvalue weighted by atomic mass is 9.91. The minimum atomic E-state index is 0.781. The van der Waals surface area contributed by atoms with Crippen molar-refractivity contribution >= 4 is 0 Å². The van der Waals surface area contributed by atoms with Crippen molar-refractivity contribution in [2.75, 3.05) is 0 Å². The Kier molecular flexibility index (Phi) is 4.10. The van der Waals surface area contributed by atoms with E-state index in [-0.39, 0.29) is 0 Å². The molecule has 0 amide bonds. The van der Waals surface area contributed by atoms with Crippen molar-refractivity contribution in [2.45, 2.75) is 51.9 Å². The standard InChI is InChI=1S/C20H26N/c1-4-16-14-21(3)20(18-12-8-5-9-15(18)2)13-19(16)17-10-6-7-11-17/h5,8-9,12-14,17H,4,6-7,10-11H2,1-3H3/q+1. The third-order valence-corrected chi connectivity index (χ3v) is 4.99. The first-order valence-corrected chi connectivity index (χ1v) is 8.29. The van der Waals surface area contributed by atoms with Gasteiger partial charge in [-0.1, -0.05) is 38.0 Å². The van der Waals surface area contributed by atoms with Gasteiger partial charge in [-0.3, -0.25) is 0 Å². The monoisotopic (exact) mass is 280 g/mol. The highest BCUT2D eigenvalue weighted by atomic mass is 14.9. The van der Waals surface area contributed by atoms with E-state index in [4.69, 9.17) is 0 Å². The third-order valence-electron chi connectivity index (χ3n) is 4.99. The summed E-state index contributed by atoms with van der Waals surface area (Å²) in [7, 11) is 2.18. The van der Waals surface area contributed by atoms with E-state index in [0.717, 1.165) is 12.3 Å². The van der Waals surface area contributed by atoms with Crippen molar-refractivity contribution in [3.05, 3.63) is 53.2 Å². The van der Waals surface area contributed by atoms with Gasteiger partial charge in [-0.25, -0.2) is 4.57 Å².